The van der Waals surface area contributed by atoms with Gasteiger partial charge in [-0.15, -0.1) is 0 Å². The first kappa shape index (κ1) is 14.1. The molecule has 1 amide bonds. The number of hydrogen-bond acceptors (Lipinski definition) is 4. The van der Waals surface area contributed by atoms with Crippen LogP contribution in [0.5, 0.6) is 0 Å². The van der Waals surface area contributed by atoms with Gasteiger partial charge in [-0.3, -0.25) is 4.79 Å². The molecule has 0 saturated carbocycles. The third-order valence-corrected chi connectivity index (χ3v) is 3.46. The Bertz CT molecular complexity index is 465. The quantitative estimate of drug-likeness (QED) is 0.861. The Balaban J connectivity index is 2.12. The smallest absolute Gasteiger partial charge is 0.257 e. The van der Waals surface area contributed by atoms with Crippen LogP contribution in [0.15, 0.2) is 12.3 Å². The number of likely N-dealkylation sites (tertiary alicyclic amines) is 1. The van der Waals surface area contributed by atoms with Gasteiger partial charge >= 0.3 is 0 Å². The summed E-state index contributed by atoms with van der Waals surface area (Å²) in [7, 11) is 0. The van der Waals surface area contributed by atoms with E-state index < -0.39 is 0 Å². The number of aromatic nitrogens is 1. The van der Waals surface area contributed by atoms with E-state index in [1.807, 2.05) is 6.92 Å². The molecular weight excluding hydrogens is 266 g/mol. The van der Waals surface area contributed by atoms with Gasteiger partial charge in [-0.05, 0) is 25.8 Å². The van der Waals surface area contributed by atoms with E-state index in [0.717, 1.165) is 12.8 Å². The highest BCUT2D eigenvalue weighted by Gasteiger charge is 2.26. The highest BCUT2D eigenvalue weighted by molar-refractivity contribution is 6.32. The first-order valence-electron chi connectivity index (χ1n) is 6.43. The predicted octanol–water partition coefficient (Wildman–Crippen LogP) is 1.96. The van der Waals surface area contributed by atoms with Crippen molar-refractivity contribution in [2.45, 2.75) is 25.9 Å². The van der Waals surface area contributed by atoms with Gasteiger partial charge in [-0.2, -0.15) is 0 Å². The van der Waals surface area contributed by atoms with E-state index in [0.29, 0.717) is 30.9 Å². The largest absolute Gasteiger partial charge is 0.397 e. The molecule has 1 aliphatic heterocycles. The molecule has 2 heterocycles. The van der Waals surface area contributed by atoms with Gasteiger partial charge in [0.15, 0.2) is 0 Å². The summed E-state index contributed by atoms with van der Waals surface area (Å²) in [5, 5.41) is 0.192. The highest BCUT2D eigenvalue weighted by Crippen LogP contribution is 2.21. The first-order valence-corrected chi connectivity index (χ1v) is 6.81. The zero-order valence-corrected chi connectivity index (χ0v) is 11.7. The number of ether oxygens (including phenoxy) is 1. The number of piperidine rings is 1. The van der Waals surface area contributed by atoms with Gasteiger partial charge in [0.05, 0.1) is 23.6 Å². The summed E-state index contributed by atoms with van der Waals surface area (Å²) in [6.45, 7) is 3.93. The van der Waals surface area contributed by atoms with Gasteiger partial charge in [-0.25, -0.2) is 4.98 Å². The summed E-state index contributed by atoms with van der Waals surface area (Å²) >= 11 is 5.96. The Kier molecular flexibility index (Phi) is 4.61. The molecule has 0 aliphatic carbocycles. The van der Waals surface area contributed by atoms with E-state index in [2.05, 4.69) is 4.98 Å². The molecule has 2 rings (SSSR count). The molecule has 6 heteroatoms. The molecule has 0 aromatic carbocycles. The molecule has 104 valence electrons. The van der Waals surface area contributed by atoms with Crippen LogP contribution in [0.2, 0.25) is 5.15 Å². The molecule has 5 nitrogen and oxygen atoms in total. The van der Waals surface area contributed by atoms with Crippen LogP contribution in [0, 0.1) is 0 Å². The van der Waals surface area contributed by atoms with Crippen molar-refractivity contribution in [2.75, 3.05) is 25.4 Å². The highest BCUT2D eigenvalue weighted by atomic mass is 35.5. The molecular formula is C13H18ClN3O2. The van der Waals surface area contributed by atoms with E-state index in [4.69, 9.17) is 22.1 Å². The van der Waals surface area contributed by atoms with Crippen molar-refractivity contribution in [1.82, 2.24) is 9.88 Å². The minimum atomic E-state index is -0.130. The van der Waals surface area contributed by atoms with E-state index >= 15 is 0 Å². The molecule has 0 spiro atoms. The number of rotatable bonds is 3. The number of anilines is 1. The second-order valence-electron chi connectivity index (χ2n) is 4.58. The second kappa shape index (κ2) is 6.21. The number of nitrogens with two attached hydrogens (primary N) is 1. The zero-order valence-electron chi connectivity index (χ0n) is 10.9. The number of halogens is 1. The molecule has 2 N–H and O–H groups in total. The minimum absolute atomic E-state index is 0.107. The minimum Gasteiger partial charge on any atom is -0.397 e. The Hall–Kier alpha value is -1.33. The van der Waals surface area contributed by atoms with Crippen molar-refractivity contribution in [3.63, 3.8) is 0 Å². The van der Waals surface area contributed by atoms with Crippen LogP contribution in [0.25, 0.3) is 0 Å². The van der Waals surface area contributed by atoms with Gasteiger partial charge in [0, 0.05) is 19.7 Å². The summed E-state index contributed by atoms with van der Waals surface area (Å²) in [5.41, 5.74) is 6.45. The van der Waals surface area contributed by atoms with E-state index in [9.17, 15) is 4.79 Å². The molecule has 19 heavy (non-hydrogen) atoms. The third-order valence-electron chi connectivity index (χ3n) is 3.16. The fraction of sp³-hybridized carbons (Fsp3) is 0.538. The van der Waals surface area contributed by atoms with Crippen LogP contribution in [-0.2, 0) is 4.74 Å². The van der Waals surface area contributed by atoms with Crippen molar-refractivity contribution in [1.29, 1.82) is 0 Å². The fourth-order valence-corrected chi connectivity index (χ4v) is 2.46. The Morgan fingerprint density at radius 3 is 3.21 bits per heavy atom. The van der Waals surface area contributed by atoms with Crippen molar-refractivity contribution in [3.05, 3.63) is 23.0 Å². The van der Waals surface area contributed by atoms with Gasteiger partial charge < -0.3 is 15.4 Å². The maximum absolute atomic E-state index is 12.4. The lowest BCUT2D eigenvalue weighted by Gasteiger charge is -2.32. The molecule has 1 aliphatic rings. The molecule has 0 bridgehead atoms. The molecule has 1 atom stereocenters. The standard InChI is InChI=1S/C13H18ClN3O2/c1-2-19-10-4-3-5-17(8-10)13(18)11-6-9(15)7-16-12(11)14/h6-7,10H,2-5,8,15H2,1H3. The fourth-order valence-electron chi connectivity index (χ4n) is 2.28. The molecule has 1 saturated heterocycles. The van der Waals surface area contributed by atoms with Crippen molar-refractivity contribution in [3.8, 4) is 0 Å². The maximum Gasteiger partial charge on any atom is 0.257 e. The predicted molar refractivity (Wildman–Crippen MR) is 74.2 cm³/mol. The number of pyridine rings is 1. The van der Waals surface area contributed by atoms with Crippen molar-refractivity contribution >= 4 is 23.2 Å². The first-order chi connectivity index (χ1) is 9.11. The summed E-state index contributed by atoms with van der Waals surface area (Å²) in [5.74, 6) is -0.130. The van der Waals surface area contributed by atoms with Gasteiger partial charge in [0.25, 0.3) is 5.91 Å². The SMILES string of the molecule is CCOC1CCCN(C(=O)c2cc(N)cnc2Cl)C1. The molecule has 1 aromatic heterocycles. The monoisotopic (exact) mass is 283 g/mol. The average molecular weight is 284 g/mol. The summed E-state index contributed by atoms with van der Waals surface area (Å²) in [4.78, 5) is 18.1. The summed E-state index contributed by atoms with van der Waals surface area (Å²) in [6, 6.07) is 1.57. The van der Waals surface area contributed by atoms with E-state index in [1.54, 1.807) is 11.0 Å². The number of amides is 1. The topological polar surface area (TPSA) is 68.5 Å². The lowest BCUT2D eigenvalue weighted by Crippen LogP contribution is -2.43. The number of hydrogen-bond donors (Lipinski definition) is 1. The lowest BCUT2D eigenvalue weighted by atomic mass is 10.1. The van der Waals surface area contributed by atoms with Crippen LogP contribution < -0.4 is 5.73 Å². The number of carbonyl (C=O) groups excluding carboxylic acids is 1. The van der Waals surface area contributed by atoms with Crippen LogP contribution in [0.3, 0.4) is 0 Å². The molecule has 0 radical (unpaired) electrons. The van der Waals surface area contributed by atoms with Gasteiger partial charge in [0.1, 0.15) is 5.15 Å². The lowest BCUT2D eigenvalue weighted by molar-refractivity contribution is 0.00723. The van der Waals surface area contributed by atoms with Crippen molar-refractivity contribution in [2.24, 2.45) is 0 Å². The molecule has 1 aromatic rings. The average Bonchev–Trinajstić information content (AvgIpc) is 2.41. The van der Waals surface area contributed by atoms with E-state index in [-0.39, 0.29) is 17.2 Å². The Morgan fingerprint density at radius 1 is 1.68 bits per heavy atom. The van der Waals surface area contributed by atoms with Gasteiger partial charge in [-0.1, -0.05) is 11.6 Å². The van der Waals surface area contributed by atoms with Gasteiger partial charge in [0.2, 0.25) is 0 Å². The number of nitrogens with zero attached hydrogens (tertiary/aromatic N) is 2. The normalized spacial score (nSPS) is 19.5. The van der Waals surface area contributed by atoms with Crippen molar-refractivity contribution < 1.29 is 9.53 Å². The molecule has 1 fully saturated rings. The van der Waals surface area contributed by atoms with Crippen LogP contribution in [-0.4, -0.2) is 41.6 Å². The number of carbonyl (C=O) groups is 1. The van der Waals surface area contributed by atoms with Crippen LogP contribution in [0.4, 0.5) is 5.69 Å². The Morgan fingerprint density at radius 2 is 2.47 bits per heavy atom. The third kappa shape index (κ3) is 3.36. The van der Waals surface area contributed by atoms with E-state index in [1.165, 1.54) is 6.20 Å². The van der Waals surface area contributed by atoms with Crippen LogP contribution in [0.1, 0.15) is 30.1 Å². The summed E-state index contributed by atoms with van der Waals surface area (Å²) in [6.07, 6.45) is 3.47. The zero-order chi connectivity index (χ0) is 13.8. The maximum atomic E-state index is 12.4. The Labute approximate surface area is 117 Å². The second-order valence-corrected chi connectivity index (χ2v) is 4.94. The molecule has 1 unspecified atom stereocenters. The number of nitrogen functional groups attached to an aromatic ring is 1. The summed E-state index contributed by atoms with van der Waals surface area (Å²) < 4.78 is 5.59. The van der Waals surface area contributed by atoms with Crippen LogP contribution >= 0.6 is 11.6 Å².